The molecule has 9 heteroatoms. The molecule has 1 aliphatic heterocycles. The molecule has 1 amide bonds. The van der Waals surface area contributed by atoms with Crippen molar-refractivity contribution in [3.8, 4) is 0 Å². The molecule has 0 bridgehead atoms. The summed E-state index contributed by atoms with van der Waals surface area (Å²) >= 11 is 0.864. The Morgan fingerprint density at radius 1 is 1.26 bits per heavy atom. The second kappa shape index (κ2) is 6.15. The summed E-state index contributed by atoms with van der Waals surface area (Å²) in [7, 11) is 0. The zero-order valence-electron chi connectivity index (χ0n) is 11.9. The van der Waals surface area contributed by atoms with Crippen LogP contribution in [0.5, 0.6) is 0 Å². The summed E-state index contributed by atoms with van der Waals surface area (Å²) in [6.07, 6.45) is -1.23. The zero-order chi connectivity index (χ0) is 16.4. The standard InChI is InChI=1S/C14H13F3N4OS/c15-14(16,17)9-3-4-12(21-5-1-2-6-21)10(7-9)19-13(22)11-8-18-23-20-11/h3-4,7-8H,1-2,5-6H2,(H,19,22). The molecule has 0 spiro atoms. The first-order chi connectivity index (χ1) is 10.9. The van der Waals surface area contributed by atoms with Crippen molar-refractivity contribution >= 4 is 29.0 Å². The van der Waals surface area contributed by atoms with Crippen molar-refractivity contribution in [3.63, 3.8) is 0 Å². The molecule has 1 aromatic carbocycles. The molecule has 23 heavy (non-hydrogen) atoms. The molecule has 2 heterocycles. The summed E-state index contributed by atoms with van der Waals surface area (Å²) in [6, 6.07) is 3.40. The number of benzene rings is 1. The topological polar surface area (TPSA) is 58.1 Å². The van der Waals surface area contributed by atoms with Crippen molar-refractivity contribution in [1.29, 1.82) is 0 Å². The second-order valence-electron chi connectivity index (χ2n) is 5.17. The molecule has 1 saturated heterocycles. The highest BCUT2D eigenvalue weighted by molar-refractivity contribution is 6.99. The van der Waals surface area contributed by atoms with Gasteiger partial charge in [-0.3, -0.25) is 4.79 Å². The fourth-order valence-corrected chi connectivity index (χ4v) is 2.91. The number of halogens is 3. The van der Waals surface area contributed by atoms with E-state index in [1.165, 1.54) is 12.3 Å². The second-order valence-corrected chi connectivity index (χ2v) is 5.73. The number of anilines is 2. The number of alkyl halides is 3. The van der Waals surface area contributed by atoms with Crippen LogP contribution in [0.4, 0.5) is 24.5 Å². The van der Waals surface area contributed by atoms with Gasteiger partial charge in [-0.15, -0.1) is 0 Å². The summed E-state index contributed by atoms with van der Waals surface area (Å²) in [5.74, 6) is -0.571. The number of amides is 1. The number of carbonyl (C=O) groups is 1. The van der Waals surface area contributed by atoms with E-state index in [1.54, 1.807) is 0 Å². The average Bonchev–Trinajstić information content (AvgIpc) is 3.20. The van der Waals surface area contributed by atoms with Gasteiger partial charge in [-0.1, -0.05) is 0 Å². The molecule has 1 fully saturated rings. The van der Waals surface area contributed by atoms with Crippen LogP contribution in [-0.4, -0.2) is 27.7 Å². The highest BCUT2D eigenvalue weighted by atomic mass is 32.1. The van der Waals surface area contributed by atoms with E-state index in [-0.39, 0.29) is 11.4 Å². The van der Waals surface area contributed by atoms with Gasteiger partial charge in [0.15, 0.2) is 5.69 Å². The number of nitrogens with zero attached hydrogens (tertiary/aromatic N) is 3. The summed E-state index contributed by atoms with van der Waals surface area (Å²) in [5.41, 5.74) is 0.0127. The van der Waals surface area contributed by atoms with Crippen LogP contribution in [0, 0.1) is 0 Å². The van der Waals surface area contributed by atoms with Gasteiger partial charge in [0.25, 0.3) is 5.91 Å². The van der Waals surface area contributed by atoms with E-state index in [0.29, 0.717) is 5.69 Å². The van der Waals surface area contributed by atoms with Crippen LogP contribution in [0.15, 0.2) is 24.4 Å². The van der Waals surface area contributed by atoms with E-state index in [1.807, 2.05) is 4.90 Å². The Labute approximate surface area is 134 Å². The molecular weight excluding hydrogens is 329 g/mol. The van der Waals surface area contributed by atoms with Crippen LogP contribution >= 0.6 is 11.7 Å². The van der Waals surface area contributed by atoms with Gasteiger partial charge in [-0.25, -0.2) is 0 Å². The van der Waals surface area contributed by atoms with E-state index in [2.05, 4.69) is 14.1 Å². The van der Waals surface area contributed by atoms with Crippen LogP contribution in [0.1, 0.15) is 28.9 Å². The van der Waals surface area contributed by atoms with E-state index in [0.717, 1.165) is 49.8 Å². The third-order valence-electron chi connectivity index (χ3n) is 3.61. The van der Waals surface area contributed by atoms with E-state index >= 15 is 0 Å². The quantitative estimate of drug-likeness (QED) is 0.929. The van der Waals surface area contributed by atoms with Crippen molar-refractivity contribution < 1.29 is 18.0 Å². The third-order valence-corrected chi connectivity index (χ3v) is 4.09. The van der Waals surface area contributed by atoms with Crippen molar-refractivity contribution in [1.82, 2.24) is 8.75 Å². The van der Waals surface area contributed by atoms with Crippen LogP contribution in [0.2, 0.25) is 0 Å². The Morgan fingerprint density at radius 3 is 2.61 bits per heavy atom. The van der Waals surface area contributed by atoms with E-state index in [9.17, 15) is 18.0 Å². The Morgan fingerprint density at radius 2 is 2.00 bits per heavy atom. The lowest BCUT2D eigenvalue weighted by molar-refractivity contribution is -0.137. The molecule has 1 N–H and O–H groups in total. The fourth-order valence-electron chi connectivity index (χ4n) is 2.50. The highest BCUT2D eigenvalue weighted by Crippen LogP contribution is 2.36. The van der Waals surface area contributed by atoms with Gasteiger partial charge in [0.05, 0.1) is 34.9 Å². The number of aromatic nitrogens is 2. The predicted octanol–water partition coefficient (Wildman–Crippen LogP) is 3.41. The molecule has 3 rings (SSSR count). The smallest absolute Gasteiger partial charge is 0.370 e. The largest absolute Gasteiger partial charge is 0.416 e. The Kier molecular flexibility index (Phi) is 4.20. The first-order valence-electron chi connectivity index (χ1n) is 7.00. The number of rotatable bonds is 3. The summed E-state index contributed by atoms with van der Waals surface area (Å²) in [4.78, 5) is 14.1. The Hall–Kier alpha value is -2.16. The molecule has 0 atom stereocenters. The molecule has 122 valence electrons. The minimum atomic E-state index is -4.47. The van der Waals surface area contributed by atoms with Crippen LogP contribution < -0.4 is 10.2 Å². The van der Waals surface area contributed by atoms with Gasteiger partial charge in [0.2, 0.25) is 0 Å². The number of nitrogens with one attached hydrogen (secondary N) is 1. The van der Waals surface area contributed by atoms with Gasteiger partial charge in [-0.2, -0.15) is 21.9 Å². The molecule has 0 aliphatic carbocycles. The molecule has 0 saturated carbocycles. The third kappa shape index (κ3) is 3.44. The molecule has 1 aliphatic rings. The summed E-state index contributed by atoms with van der Waals surface area (Å²) < 4.78 is 46.3. The molecule has 0 unspecified atom stereocenters. The van der Waals surface area contributed by atoms with Gasteiger partial charge in [0.1, 0.15) is 0 Å². The monoisotopic (exact) mass is 342 g/mol. The van der Waals surface area contributed by atoms with Crippen LogP contribution in [-0.2, 0) is 6.18 Å². The van der Waals surface area contributed by atoms with Gasteiger partial charge < -0.3 is 10.2 Å². The Balaban J connectivity index is 1.94. The van der Waals surface area contributed by atoms with Crippen molar-refractivity contribution in [2.45, 2.75) is 19.0 Å². The summed E-state index contributed by atoms with van der Waals surface area (Å²) in [5, 5.41) is 2.53. The minimum absolute atomic E-state index is 0.0831. The molecule has 1 aromatic heterocycles. The van der Waals surface area contributed by atoms with E-state index < -0.39 is 17.6 Å². The first kappa shape index (κ1) is 15.7. The van der Waals surface area contributed by atoms with E-state index in [4.69, 9.17) is 0 Å². The maximum Gasteiger partial charge on any atom is 0.416 e. The maximum absolute atomic E-state index is 12.9. The van der Waals surface area contributed by atoms with Gasteiger partial charge in [0, 0.05) is 13.1 Å². The lowest BCUT2D eigenvalue weighted by Crippen LogP contribution is -2.22. The average molecular weight is 342 g/mol. The number of hydrogen-bond acceptors (Lipinski definition) is 5. The number of carbonyl (C=O) groups excluding carboxylic acids is 1. The van der Waals surface area contributed by atoms with Crippen molar-refractivity contribution in [2.75, 3.05) is 23.3 Å². The molecular formula is C14H13F3N4OS. The van der Waals surface area contributed by atoms with Crippen LogP contribution in [0.25, 0.3) is 0 Å². The lowest BCUT2D eigenvalue weighted by Gasteiger charge is -2.22. The first-order valence-corrected chi connectivity index (χ1v) is 7.73. The van der Waals surface area contributed by atoms with Crippen molar-refractivity contribution in [2.24, 2.45) is 0 Å². The Bertz CT molecular complexity index is 697. The number of hydrogen-bond donors (Lipinski definition) is 1. The maximum atomic E-state index is 12.9. The molecule has 2 aromatic rings. The fraction of sp³-hybridized carbons (Fsp3) is 0.357. The SMILES string of the molecule is O=C(Nc1cc(C(F)(F)F)ccc1N1CCCC1)c1cnsn1. The normalized spacial score (nSPS) is 15.0. The van der Waals surface area contributed by atoms with Gasteiger partial charge >= 0.3 is 6.18 Å². The highest BCUT2D eigenvalue weighted by Gasteiger charge is 2.32. The van der Waals surface area contributed by atoms with Crippen molar-refractivity contribution in [3.05, 3.63) is 35.7 Å². The predicted molar refractivity (Wildman–Crippen MR) is 80.8 cm³/mol. The molecule has 0 radical (unpaired) electrons. The summed E-state index contributed by atoms with van der Waals surface area (Å²) in [6.45, 7) is 1.51. The van der Waals surface area contributed by atoms with Crippen LogP contribution in [0.3, 0.4) is 0 Å². The lowest BCUT2D eigenvalue weighted by atomic mass is 10.1. The van der Waals surface area contributed by atoms with Gasteiger partial charge in [-0.05, 0) is 31.0 Å². The molecule has 5 nitrogen and oxygen atoms in total. The minimum Gasteiger partial charge on any atom is -0.370 e. The zero-order valence-corrected chi connectivity index (χ0v) is 12.7.